The van der Waals surface area contributed by atoms with Gasteiger partial charge in [0.2, 0.25) is 0 Å². The molecule has 4 aliphatic carbocycles. The van der Waals surface area contributed by atoms with Crippen LogP contribution < -0.4 is 0 Å². The maximum atomic E-state index is 5.67. The molecule has 4 aliphatic rings. The second-order valence-corrected chi connectivity index (χ2v) is 8.65. The minimum atomic E-state index is 0.683. The Kier molecular flexibility index (Phi) is 7.42. The van der Waals surface area contributed by atoms with Gasteiger partial charge in [0.05, 0.1) is 26.4 Å². The van der Waals surface area contributed by atoms with Gasteiger partial charge in [0.1, 0.15) is 0 Å². The van der Waals surface area contributed by atoms with E-state index in [2.05, 4.69) is 0 Å². The number of hydrogen-bond acceptors (Lipinski definition) is 3. The van der Waals surface area contributed by atoms with Crippen molar-refractivity contribution >= 4 is 0 Å². The van der Waals surface area contributed by atoms with Crippen LogP contribution >= 0.6 is 0 Å². The highest BCUT2D eigenvalue weighted by Gasteiger charge is 2.50. The standard InChI is InChI=1S/C21H38O3/c1-2-22-8-9-24-11-10-23-7-5-3-4-6-21-15-18-12-19(16-21)14-20(13-18)17-21/h18-20H,2-17H2,1H3. The van der Waals surface area contributed by atoms with Crippen molar-refractivity contribution in [3.8, 4) is 0 Å². The summed E-state index contributed by atoms with van der Waals surface area (Å²) in [5.74, 6) is 3.30. The molecule has 4 saturated carbocycles. The van der Waals surface area contributed by atoms with E-state index in [1.54, 1.807) is 38.5 Å². The Bertz CT molecular complexity index is 320. The quantitative estimate of drug-likeness (QED) is 0.450. The number of unbranched alkanes of at least 4 members (excludes halogenated alkanes) is 2. The van der Waals surface area contributed by atoms with Crippen molar-refractivity contribution in [2.45, 2.75) is 71.1 Å². The molecule has 0 aliphatic heterocycles. The predicted molar refractivity (Wildman–Crippen MR) is 97.2 cm³/mol. The second-order valence-electron chi connectivity index (χ2n) is 8.65. The van der Waals surface area contributed by atoms with Gasteiger partial charge in [-0.2, -0.15) is 0 Å². The van der Waals surface area contributed by atoms with Gasteiger partial charge in [-0.15, -0.1) is 0 Å². The first-order valence-electron chi connectivity index (χ1n) is 10.5. The topological polar surface area (TPSA) is 27.7 Å². The number of ether oxygens (including phenoxy) is 3. The Morgan fingerprint density at radius 3 is 1.79 bits per heavy atom. The lowest BCUT2D eigenvalue weighted by Gasteiger charge is -2.57. The fourth-order valence-corrected chi connectivity index (χ4v) is 6.06. The van der Waals surface area contributed by atoms with Crippen molar-refractivity contribution in [1.82, 2.24) is 0 Å². The van der Waals surface area contributed by atoms with Gasteiger partial charge >= 0.3 is 0 Å². The Balaban J connectivity index is 1.16. The highest BCUT2D eigenvalue weighted by Crippen LogP contribution is 2.61. The first kappa shape index (κ1) is 18.7. The summed E-state index contributed by atoms with van der Waals surface area (Å²) in [7, 11) is 0. The largest absolute Gasteiger partial charge is 0.379 e. The third-order valence-corrected chi connectivity index (χ3v) is 6.61. The van der Waals surface area contributed by atoms with Gasteiger partial charge in [0.15, 0.2) is 0 Å². The van der Waals surface area contributed by atoms with Crippen LogP contribution in [0.1, 0.15) is 71.1 Å². The van der Waals surface area contributed by atoms with E-state index in [0.717, 1.165) is 43.0 Å². The summed E-state index contributed by atoms with van der Waals surface area (Å²) in [5, 5.41) is 0. The van der Waals surface area contributed by atoms with Gasteiger partial charge in [-0.3, -0.25) is 0 Å². The Hall–Kier alpha value is -0.120. The molecule has 4 fully saturated rings. The predicted octanol–water partition coefficient (Wildman–Crippen LogP) is 4.83. The third kappa shape index (κ3) is 5.44. The molecule has 0 aromatic heterocycles. The molecule has 0 amide bonds. The van der Waals surface area contributed by atoms with Crippen LogP contribution in [0.2, 0.25) is 0 Å². The van der Waals surface area contributed by atoms with Crippen molar-refractivity contribution in [3.63, 3.8) is 0 Å². The molecule has 4 rings (SSSR count). The number of hydrogen-bond donors (Lipinski definition) is 0. The Morgan fingerprint density at radius 1 is 0.667 bits per heavy atom. The zero-order valence-corrected chi connectivity index (χ0v) is 15.8. The van der Waals surface area contributed by atoms with E-state index < -0.39 is 0 Å². The minimum Gasteiger partial charge on any atom is -0.379 e. The SMILES string of the molecule is CCOCCOCCOCCCCCC12CC3CC(CC(C3)C1)C2. The van der Waals surface area contributed by atoms with Crippen molar-refractivity contribution in [3.05, 3.63) is 0 Å². The molecule has 0 unspecified atom stereocenters. The molecule has 3 heteroatoms. The molecule has 0 radical (unpaired) electrons. The molecule has 0 spiro atoms. The van der Waals surface area contributed by atoms with Crippen molar-refractivity contribution in [2.24, 2.45) is 23.2 Å². The maximum Gasteiger partial charge on any atom is 0.0701 e. The van der Waals surface area contributed by atoms with Gasteiger partial charge in [0, 0.05) is 13.2 Å². The molecule has 140 valence electrons. The van der Waals surface area contributed by atoms with Crippen LogP contribution in [0.5, 0.6) is 0 Å². The molecule has 24 heavy (non-hydrogen) atoms. The lowest BCUT2D eigenvalue weighted by atomic mass is 9.48. The fraction of sp³-hybridized carbons (Fsp3) is 1.00. The summed E-state index contributed by atoms with van der Waals surface area (Å²) >= 11 is 0. The van der Waals surface area contributed by atoms with Crippen molar-refractivity contribution < 1.29 is 14.2 Å². The first-order chi connectivity index (χ1) is 11.8. The molecule has 0 atom stereocenters. The molecule has 0 saturated heterocycles. The van der Waals surface area contributed by atoms with Crippen LogP contribution in [-0.2, 0) is 14.2 Å². The molecule has 3 nitrogen and oxygen atoms in total. The highest BCUT2D eigenvalue weighted by molar-refractivity contribution is 5.01. The van der Waals surface area contributed by atoms with Crippen LogP contribution in [0.3, 0.4) is 0 Å². The zero-order valence-electron chi connectivity index (χ0n) is 15.8. The van der Waals surface area contributed by atoms with E-state index in [4.69, 9.17) is 14.2 Å². The number of rotatable bonds is 13. The smallest absolute Gasteiger partial charge is 0.0701 e. The monoisotopic (exact) mass is 338 g/mol. The van der Waals surface area contributed by atoms with Gasteiger partial charge in [-0.25, -0.2) is 0 Å². The van der Waals surface area contributed by atoms with E-state index in [1.807, 2.05) is 6.92 Å². The van der Waals surface area contributed by atoms with Crippen LogP contribution in [0, 0.1) is 23.2 Å². The third-order valence-electron chi connectivity index (χ3n) is 6.61. The molecular formula is C21H38O3. The van der Waals surface area contributed by atoms with Crippen molar-refractivity contribution in [2.75, 3.05) is 39.6 Å². The lowest BCUT2D eigenvalue weighted by Crippen LogP contribution is -2.45. The summed E-state index contributed by atoms with van der Waals surface area (Å²) in [5.41, 5.74) is 0.768. The van der Waals surface area contributed by atoms with E-state index in [9.17, 15) is 0 Å². The van der Waals surface area contributed by atoms with Crippen LogP contribution in [0.15, 0.2) is 0 Å². The highest BCUT2D eigenvalue weighted by atomic mass is 16.5. The van der Waals surface area contributed by atoms with Crippen molar-refractivity contribution in [1.29, 1.82) is 0 Å². The van der Waals surface area contributed by atoms with Crippen LogP contribution in [-0.4, -0.2) is 39.6 Å². The lowest BCUT2D eigenvalue weighted by molar-refractivity contribution is -0.0585. The Labute approximate surface area is 148 Å². The summed E-state index contributed by atoms with van der Waals surface area (Å²) in [6.07, 6.45) is 14.9. The fourth-order valence-electron chi connectivity index (χ4n) is 6.06. The minimum absolute atomic E-state index is 0.683. The molecule has 4 bridgehead atoms. The van der Waals surface area contributed by atoms with Crippen LogP contribution in [0.4, 0.5) is 0 Å². The summed E-state index contributed by atoms with van der Waals surface area (Å²) < 4.78 is 16.3. The van der Waals surface area contributed by atoms with Gasteiger partial charge in [-0.05, 0) is 81.5 Å². The van der Waals surface area contributed by atoms with E-state index in [1.165, 1.54) is 25.7 Å². The first-order valence-corrected chi connectivity index (χ1v) is 10.5. The molecule has 0 aromatic carbocycles. The average Bonchev–Trinajstić information content (AvgIpc) is 2.54. The second kappa shape index (κ2) is 9.54. The van der Waals surface area contributed by atoms with Gasteiger partial charge < -0.3 is 14.2 Å². The summed E-state index contributed by atoms with van der Waals surface area (Å²) in [6.45, 7) is 6.47. The van der Waals surface area contributed by atoms with Gasteiger partial charge in [0.25, 0.3) is 0 Å². The normalized spacial score (nSPS) is 34.1. The molecular weight excluding hydrogens is 300 g/mol. The summed E-state index contributed by atoms with van der Waals surface area (Å²) in [4.78, 5) is 0. The maximum absolute atomic E-state index is 5.67. The van der Waals surface area contributed by atoms with E-state index in [0.29, 0.717) is 19.8 Å². The molecule has 0 aromatic rings. The van der Waals surface area contributed by atoms with Crippen LogP contribution in [0.25, 0.3) is 0 Å². The Morgan fingerprint density at radius 2 is 1.21 bits per heavy atom. The molecule has 0 heterocycles. The average molecular weight is 339 g/mol. The van der Waals surface area contributed by atoms with Gasteiger partial charge in [-0.1, -0.05) is 12.8 Å². The van der Waals surface area contributed by atoms with E-state index in [-0.39, 0.29) is 0 Å². The van der Waals surface area contributed by atoms with E-state index >= 15 is 0 Å². The zero-order chi connectivity index (χ0) is 16.7. The summed E-state index contributed by atoms with van der Waals surface area (Å²) in [6, 6.07) is 0. The molecule has 0 N–H and O–H groups in total.